The van der Waals surface area contributed by atoms with Crippen LogP contribution in [0.5, 0.6) is 0 Å². The van der Waals surface area contributed by atoms with Crippen LogP contribution >= 0.6 is 22.6 Å². The number of benzene rings is 1. The highest BCUT2D eigenvalue weighted by Gasteiger charge is 2.53. The molecule has 0 bridgehead atoms. The average molecular weight is 462 g/mol. The molecule has 1 aromatic carbocycles. The van der Waals surface area contributed by atoms with Crippen LogP contribution in [-0.2, 0) is 12.3 Å². The molecule has 3 aliphatic carbocycles. The lowest BCUT2D eigenvalue weighted by Crippen LogP contribution is -2.33. The maximum absolute atomic E-state index is 14.9. The summed E-state index contributed by atoms with van der Waals surface area (Å²) in [4.78, 5) is 0. The van der Waals surface area contributed by atoms with Gasteiger partial charge in [0.05, 0.1) is 5.56 Å². The Morgan fingerprint density at radius 3 is 2.00 bits per heavy atom. The summed E-state index contributed by atoms with van der Waals surface area (Å²) in [7, 11) is 0. The first-order chi connectivity index (χ1) is 12.0. The van der Waals surface area contributed by atoms with Crippen LogP contribution in [0.15, 0.2) is 18.2 Å². The van der Waals surface area contributed by atoms with Crippen molar-refractivity contribution in [3.63, 3.8) is 0 Å². The van der Waals surface area contributed by atoms with Crippen LogP contribution < -0.4 is 0 Å². The van der Waals surface area contributed by atoms with Gasteiger partial charge in [-0.25, -0.2) is 13.2 Å². The Bertz CT molecular complexity index is 614. The molecule has 2 fully saturated rings. The quantitative estimate of drug-likeness (QED) is 0.332. The molecule has 0 N–H and O–H groups in total. The largest absolute Gasteiger partial charge is 0.279 e. The third kappa shape index (κ3) is 3.37. The van der Waals surface area contributed by atoms with E-state index in [1.165, 1.54) is 31.7 Å². The van der Waals surface area contributed by atoms with E-state index >= 15 is 0 Å². The summed E-state index contributed by atoms with van der Waals surface area (Å²) in [5, 5.41) is 0. The lowest BCUT2D eigenvalue weighted by molar-refractivity contribution is -0.0852. The minimum absolute atomic E-state index is 0.0407. The first-order valence-corrected chi connectivity index (χ1v) is 11.0. The predicted octanol–water partition coefficient (Wildman–Crippen LogP) is 6.89. The number of hydrogen-bond acceptors (Lipinski definition) is 0. The van der Waals surface area contributed by atoms with Crippen LogP contribution in [-0.4, -0.2) is 3.92 Å². The third-order valence-corrected chi connectivity index (χ3v) is 8.34. The molecule has 0 radical (unpaired) electrons. The number of fused-ring (bicyclic) bond motifs is 1. The minimum Gasteiger partial charge on any atom is -0.206 e. The molecular formula is C21H26F3I. The summed E-state index contributed by atoms with van der Waals surface area (Å²) >= 11 is 2.56. The normalized spacial score (nSPS) is 37.7. The van der Waals surface area contributed by atoms with Gasteiger partial charge in [-0.05, 0) is 87.2 Å². The van der Waals surface area contributed by atoms with E-state index in [1.807, 2.05) is 0 Å². The van der Waals surface area contributed by atoms with Crippen molar-refractivity contribution in [2.75, 3.05) is 0 Å². The van der Waals surface area contributed by atoms with Gasteiger partial charge in [0.25, 0.3) is 5.92 Å². The van der Waals surface area contributed by atoms with Gasteiger partial charge in [0, 0.05) is 9.84 Å². The van der Waals surface area contributed by atoms with Crippen molar-refractivity contribution in [2.24, 2.45) is 23.7 Å². The lowest BCUT2D eigenvalue weighted by Gasteiger charge is -2.39. The Hall–Kier alpha value is -0.260. The molecule has 0 aliphatic heterocycles. The van der Waals surface area contributed by atoms with E-state index in [0.29, 0.717) is 12.0 Å². The Kier molecular flexibility index (Phi) is 5.11. The van der Waals surface area contributed by atoms with E-state index in [1.54, 1.807) is 12.1 Å². The van der Waals surface area contributed by atoms with Crippen molar-refractivity contribution in [3.8, 4) is 0 Å². The maximum Gasteiger partial charge on any atom is 0.279 e. The van der Waals surface area contributed by atoms with Crippen LogP contribution in [0.2, 0.25) is 0 Å². The molecule has 0 saturated heterocycles. The van der Waals surface area contributed by atoms with Crippen LogP contribution in [0.1, 0.15) is 62.5 Å². The number of halogens is 4. The molecule has 2 saturated carbocycles. The van der Waals surface area contributed by atoms with E-state index in [0.717, 1.165) is 41.4 Å². The Labute approximate surface area is 162 Å². The summed E-state index contributed by atoms with van der Waals surface area (Å²) in [6.07, 6.45) is 9.59. The van der Waals surface area contributed by atoms with Crippen molar-refractivity contribution in [1.82, 2.24) is 0 Å². The molecule has 0 heterocycles. The average Bonchev–Trinajstić information content (AvgIpc) is 2.88. The molecule has 1 aromatic rings. The molecule has 138 valence electrons. The van der Waals surface area contributed by atoms with Gasteiger partial charge in [-0.1, -0.05) is 34.7 Å². The maximum atomic E-state index is 14.9. The van der Waals surface area contributed by atoms with Gasteiger partial charge in [-0.3, -0.25) is 0 Å². The first kappa shape index (κ1) is 18.1. The fourth-order valence-electron chi connectivity index (χ4n) is 5.69. The standard InChI is InChI=1S/C21H26F3I/c22-19-3-1-2-16-12-18(21(23,24)20(16)19)15-6-4-13(5-7-15)14-8-10-17(25)11-9-14/h1-3,13-15,17-18H,4-12H2. The van der Waals surface area contributed by atoms with Crippen molar-refractivity contribution >= 4 is 22.6 Å². The molecule has 1 atom stereocenters. The predicted molar refractivity (Wildman–Crippen MR) is 103 cm³/mol. The molecule has 3 aliphatic rings. The zero-order chi connectivity index (χ0) is 17.6. The van der Waals surface area contributed by atoms with Gasteiger partial charge in [0.2, 0.25) is 0 Å². The Morgan fingerprint density at radius 2 is 1.40 bits per heavy atom. The topological polar surface area (TPSA) is 0 Å². The SMILES string of the molecule is Fc1cccc2c1C(F)(F)C(C1CCC(C3CCC(I)CC3)CC1)C2. The van der Waals surface area contributed by atoms with Crippen molar-refractivity contribution in [1.29, 1.82) is 0 Å². The summed E-state index contributed by atoms with van der Waals surface area (Å²) in [5.41, 5.74) is 0.208. The van der Waals surface area contributed by atoms with E-state index in [-0.39, 0.29) is 11.5 Å². The molecule has 25 heavy (non-hydrogen) atoms. The highest BCUT2D eigenvalue weighted by atomic mass is 127. The van der Waals surface area contributed by atoms with Gasteiger partial charge in [-0.2, -0.15) is 0 Å². The third-order valence-electron chi connectivity index (χ3n) is 7.09. The molecule has 0 amide bonds. The van der Waals surface area contributed by atoms with Crippen molar-refractivity contribution in [3.05, 3.63) is 35.1 Å². The zero-order valence-corrected chi connectivity index (χ0v) is 16.7. The van der Waals surface area contributed by atoms with Gasteiger partial charge >= 0.3 is 0 Å². The monoisotopic (exact) mass is 462 g/mol. The Balaban J connectivity index is 1.41. The molecule has 1 unspecified atom stereocenters. The second kappa shape index (κ2) is 7.05. The summed E-state index contributed by atoms with van der Waals surface area (Å²) in [5.74, 6) is -2.85. The van der Waals surface area contributed by atoms with Crippen LogP contribution in [0.25, 0.3) is 0 Å². The zero-order valence-electron chi connectivity index (χ0n) is 14.5. The number of alkyl halides is 3. The van der Waals surface area contributed by atoms with Gasteiger partial charge in [0.15, 0.2) is 0 Å². The van der Waals surface area contributed by atoms with Crippen LogP contribution in [0.4, 0.5) is 13.2 Å². The van der Waals surface area contributed by atoms with E-state index < -0.39 is 17.7 Å². The van der Waals surface area contributed by atoms with E-state index in [9.17, 15) is 13.2 Å². The highest BCUT2D eigenvalue weighted by molar-refractivity contribution is 14.1. The van der Waals surface area contributed by atoms with Crippen LogP contribution in [0.3, 0.4) is 0 Å². The molecule has 0 nitrogen and oxygen atoms in total. The number of rotatable bonds is 2. The summed E-state index contributed by atoms with van der Waals surface area (Å²) in [6, 6.07) is 4.42. The molecular weight excluding hydrogens is 436 g/mol. The van der Waals surface area contributed by atoms with Crippen molar-refractivity contribution < 1.29 is 13.2 Å². The molecule has 0 aromatic heterocycles. The second-order valence-corrected chi connectivity index (χ2v) is 10.2. The number of hydrogen-bond donors (Lipinski definition) is 0. The van der Waals surface area contributed by atoms with Crippen molar-refractivity contribution in [2.45, 2.75) is 67.6 Å². The smallest absolute Gasteiger partial charge is 0.206 e. The van der Waals surface area contributed by atoms with Gasteiger partial charge in [-0.15, -0.1) is 0 Å². The van der Waals surface area contributed by atoms with Gasteiger partial charge in [0.1, 0.15) is 5.82 Å². The summed E-state index contributed by atoms with van der Waals surface area (Å²) < 4.78 is 44.6. The lowest BCUT2D eigenvalue weighted by atomic mass is 9.68. The van der Waals surface area contributed by atoms with Gasteiger partial charge < -0.3 is 0 Å². The molecule has 4 heteroatoms. The van der Waals surface area contributed by atoms with Crippen LogP contribution in [0, 0.1) is 29.5 Å². The van der Waals surface area contributed by atoms with E-state index in [2.05, 4.69) is 22.6 Å². The second-order valence-electron chi connectivity index (χ2n) is 8.39. The minimum atomic E-state index is -3.00. The Morgan fingerprint density at radius 1 is 0.840 bits per heavy atom. The summed E-state index contributed by atoms with van der Waals surface area (Å²) in [6.45, 7) is 0. The highest BCUT2D eigenvalue weighted by Crippen LogP contribution is 2.54. The molecule has 4 rings (SSSR count). The first-order valence-electron chi connectivity index (χ1n) is 9.76. The fourth-order valence-corrected chi connectivity index (χ4v) is 6.41. The van der Waals surface area contributed by atoms with E-state index in [4.69, 9.17) is 0 Å². The molecule has 0 spiro atoms. The fraction of sp³-hybridized carbons (Fsp3) is 0.714.